The molecule has 0 aromatic heterocycles. The van der Waals surface area contributed by atoms with E-state index < -0.39 is 5.91 Å². The largest absolute Gasteiger partial charge is 0.484 e. The molecule has 2 aromatic carbocycles. The van der Waals surface area contributed by atoms with E-state index >= 15 is 0 Å². The summed E-state index contributed by atoms with van der Waals surface area (Å²) in [4.78, 5) is 23.9. The first-order valence-corrected chi connectivity index (χ1v) is 9.42. The zero-order valence-electron chi connectivity index (χ0n) is 16.2. The maximum Gasteiger partial charge on any atom is 0.276 e. The van der Waals surface area contributed by atoms with Crippen molar-refractivity contribution in [2.45, 2.75) is 33.1 Å². The van der Waals surface area contributed by atoms with Gasteiger partial charge in [0.15, 0.2) is 11.7 Å². The van der Waals surface area contributed by atoms with Crippen LogP contribution in [0.5, 0.6) is 5.75 Å². The maximum absolute atomic E-state index is 12.0. The third-order valence-corrected chi connectivity index (χ3v) is 4.30. The molecule has 0 radical (unpaired) electrons. The van der Waals surface area contributed by atoms with Gasteiger partial charge in [0, 0.05) is 0 Å². The molecule has 28 heavy (non-hydrogen) atoms. The molecule has 2 amide bonds. The number of carbonyl (C=O) groups excluding carboxylic acids is 2. The molecular formula is C21H25N3O3S. The second kappa shape index (κ2) is 10.4. The number of thiocarbonyl (C=S) groups is 1. The van der Waals surface area contributed by atoms with E-state index in [-0.39, 0.29) is 24.0 Å². The highest BCUT2D eigenvalue weighted by molar-refractivity contribution is 7.80. The second-order valence-electron chi connectivity index (χ2n) is 6.67. The van der Waals surface area contributed by atoms with Gasteiger partial charge >= 0.3 is 0 Å². The Morgan fingerprint density at radius 2 is 1.68 bits per heavy atom. The van der Waals surface area contributed by atoms with Crippen molar-refractivity contribution in [2.75, 3.05) is 6.61 Å². The van der Waals surface area contributed by atoms with Crippen molar-refractivity contribution in [3.63, 3.8) is 0 Å². The Hall–Kier alpha value is -2.93. The van der Waals surface area contributed by atoms with Crippen molar-refractivity contribution in [2.24, 2.45) is 0 Å². The van der Waals surface area contributed by atoms with Crippen molar-refractivity contribution >= 4 is 29.1 Å². The molecule has 7 heteroatoms. The average molecular weight is 400 g/mol. The standard InChI is InChI=1S/C21H25N3O3S/c1-14(2)16-8-10-18(11-9-16)27-13-20(26)23-24-21(28)22-19(25)12-17-7-5-4-6-15(17)3/h4-11,14H,12-13H2,1-3H3,(H,23,26)(H2,22,24,25,28). The highest BCUT2D eigenvalue weighted by atomic mass is 32.1. The zero-order valence-corrected chi connectivity index (χ0v) is 17.1. The lowest BCUT2D eigenvalue weighted by molar-refractivity contribution is -0.124. The fourth-order valence-electron chi connectivity index (χ4n) is 2.44. The third-order valence-electron chi connectivity index (χ3n) is 4.10. The molecule has 3 N–H and O–H groups in total. The zero-order chi connectivity index (χ0) is 20.5. The van der Waals surface area contributed by atoms with Crippen molar-refractivity contribution < 1.29 is 14.3 Å². The van der Waals surface area contributed by atoms with E-state index in [9.17, 15) is 9.59 Å². The van der Waals surface area contributed by atoms with Gasteiger partial charge in [0.25, 0.3) is 5.91 Å². The number of aryl methyl sites for hydroxylation is 1. The first-order valence-electron chi connectivity index (χ1n) is 9.01. The van der Waals surface area contributed by atoms with E-state index in [0.717, 1.165) is 11.1 Å². The number of nitrogens with one attached hydrogen (secondary N) is 3. The van der Waals surface area contributed by atoms with Gasteiger partial charge in [-0.2, -0.15) is 0 Å². The average Bonchev–Trinajstić information content (AvgIpc) is 2.66. The van der Waals surface area contributed by atoms with E-state index in [0.29, 0.717) is 11.7 Å². The molecule has 0 spiro atoms. The van der Waals surface area contributed by atoms with Gasteiger partial charge in [0.1, 0.15) is 5.75 Å². The molecule has 0 aliphatic rings. The van der Waals surface area contributed by atoms with Crippen LogP contribution in [0.4, 0.5) is 0 Å². The van der Waals surface area contributed by atoms with Crippen LogP contribution in [-0.2, 0) is 16.0 Å². The first-order chi connectivity index (χ1) is 13.3. The van der Waals surface area contributed by atoms with E-state index in [2.05, 4.69) is 30.0 Å². The number of rotatable bonds is 6. The molecule has 0 unspecified atom stereocenters. The van der Waals surface area contributed by atoms with Gasteiger partial charge in [0.05, 0.1) is 6.42 Å². The smallest absolute Gasteiger partial charge is 0.276 e. The summed E-state index contributed by atoms with van der Waals surface area (Å²) in [6, 6.07) is 15.2. The van der Waals surface area contributed by atoms with E-state index in [1.54, 1.807) is 0 Å². The summed E-state index contributed by atoms with van der Waals surface area (Å²) in [5, 5.41) is 2.55. The van der Waals surface area contributed by atoms with Crippen LogP contribution < -0.4 is 20.9 Å². The predicted molar refractivity (Wildman–Crippen MR) is 113 cm³/mol. The number of amides is 2. The van der Waals surface area contributed by atoms with Gasteiger partial charge in [-0.05, 0) is 53.9 Å². The Bertz CT molecular complexity index is 835. The summed E-state index contributed by atoms with van der Waals surface area (Å²) in [5.74, 6) is 0.364. The van der Waals surface area contributed by atoms with E-state index in [1.165, 1.54) is 5.56 Å². The minimum Gasteiger partial charge on any atom is -0.484 e. The molecule has 0 heterocycles. The summed E-state index contributed by atoms with van der Waals surface area (Å²) >= 11 is 5.02. The normalized spacial score (nSPS) is 10.3. The van der Waals surface area contributed by atoms with Gasteiger partial charge in [-0.1, -0.05) is 50.2 Å². The van der Waals surface area contributed by atoms with Crippen molar-refractivity contribution in [3.05, 3.63) is 65.2 Å². The number of carbonyl (C=O) groups is 2. The summed E-state index contributed by atoms with van der Waals surface area (Å²) in [6.45, 7) is 5.99. The number of ether oxygens (including phenoxy) is 1. The Morgan fingerprint density at radius 1 is 1.00 bits per heavy atom. The van der Waals surface area contributed by atoms with Crippen molar-refractivity contribution in [1.29, 1.82) is 0 Å². The van der Waals surface area contributed by atoms with Crippen molar-refractivity contribution in [3.8, 4) is 5.75 Å². The molecule has 0 saturated heterocycles. The lowest BCUT2D eigenvalue weighted by Gasteiger charge is -2.12. The van der Waals surface area contributed by atoms with Gasteiger partial charge in [-0.15, -0.1) is 0 Å². The molecule has 0 fully saturated rings. The lowest BCUT2D eigenvalue weighted by Crippen LogP contribution is -2.50. The van der Waals surface area contributed by atoms with E-state index in [1.807, 2.05) is 55.5 Å². The Labute approximate surface area is 170 Å². The van der Waals surface area contributed by atoms with Crippen LogP contribution >= 0.6 is 12.2 Å². The Kier molecular flexibility index (Phi) is 7.95. The fraction of sp³-hybridized carbons (Fsp3) is 0.286. The van der Waals surface area contributed by atoms with Crippen LogP contribution in [0.15, 0.2) is 48.5 Å². The van der Waals surface area contributed by atoms with Gasteiger partial charge < -0.3 is 10.1 Å². The summed E-state index contributed by atoms with van der Waals surface area (Å²) in [5.41, 5.74) is 8.04. The topological polar surface area (TPSA) is 79.5 Å². The summed E-state index contributed by atoms with van der Waals surface area (Å²) in [7, 11) is 0. The number of benzene rings is 2. The lowest BCUT2D eigenvalue weighted by atomic mass is 10.0. The SMILES string of the molecule is Cc1ccccc1CC(=O)NC(=S)NNC(=O)COc1ccc(C(C)C)cc1. The monoisotopic (exact) mass is 399 g/mol. The Morgan fingerprint density at radius 3 is 2.32 bits per heavy atom. The minimum absolute atomic E-state index is 0.0215. The number of hydrogen-bond acceptors (Lipinski definition) is 4. The van der Waals surface area contributed by atoms with Gasteiger partial charge in [0.2, 0.25) is 5.91 Å². The van der Waals surface area contributed by atoms with E-state index in [4.69, 9.17) is 17.0 Å². The molecule has 0 bridgehead atoms. The van der Waals surface area contributed by atoms with Gasteiger partial charge in [-0.25, -0.2) is 0 Å². The molecule has 2 aromatic rings. The summed E-state index contributed by atoms with van der Waals surface area (Å²) < 4.78 is 5.43. The van der Waals surface area contributed by atoms with Crippen LogP contribution in [0.3, 0.4) is 0 Å². The number of hydrazine groups is 1. The van der Waals surface area contributed by atoms with Crippen LogP contribution in [0.2, 0.25) is 0 Å². The molecular weight excluding hydrogens is 374 g/mol. The minimum atomic E-state index is -0.413. The predicted octanol–water partition coefficient (Wildman–Crippen LogP) is 2.76. The number of hydrogen-bond donors (Lipinski definition) is 3. The highest BCUT2D eigenvalue weighted by Crippen LogP contribution is 2.18. The molecule has 2 rings (SSSR count). The molecule has 6 nitrogen and oxygen atoms in total. The van der Waals surface area contributed by atoms with Crippen molar-refractivity contribution in [1.82, 2.24) is 16.2 Å². The van der Waals surface area contributed by atoms with Crippen LogP contribution in [0.25, 0.3) is 0 Å². The molecule has 0 saturated carbocycles. The van der Waals surface area contributed by atoms with Crippen LogP contribution in [-0.4, -0.2) is 23.5 Å². The molecule has 0 atom stereocenters. The first kappa shape index (κ1) is 21.4. The molecule has 0 aliphatic carbocycles. The van der Waals surface area contributed by atoms with Crippen LogP contribution in [0.1, 0.15) is 36.5 Å². The highest BCUT2D eigenvalue weighted by Gasteiger charge is 2.09. The quantitative estimate of drug-likeness (QED) is 0.514. The molecule has 148 valence electrons. The second-order valence-corrected chi connectivity index (χ2v) is 7.07. The maximum atomic E-state index is 12.0. The summed E-state index contributed by atoms with van der Waals surface area (Å²) in [6.07, 6.45) is 0.206. The van der Waals surface area contributed by atoms with Crippen LogP contribution in [0, 0.1) is 6.92 Å². The molecule has 0 aliphatic heterocycles. The van der Waals surface area contributed by atoms with Gasteiger partial charge in [-0.3, -0.25) is 20.4 Å². The Balaban J connectivity index is 1.69. The fourth-order valence-corrected chi connectivity index (χ4v) is 2.61. The third kappa shape index (κ3) is 7.00.